The smallest absolute Gasteiger partial charge is 0.107 e. The Morgan fingerprint density at radius 2 is 2.26 bits per heavy atom. The highest BCUT2D eigenvalue weighted by atomic mass is 32.1. The van der Waals surface area contributed by atoms with Gasteiger partial charge in [-0.05, 0) is 52.5 Å². The average Bonchev–Trinajstić information content (AvgIpc) is 3.14. The first-order valence-corrected chi connectivity index (χ1v) is 8.35. The molecule has 1 saturated heterocycles. The van der Waals surface area contributed by atoms with Crippen molar-refractivity contribution in [3.05, 3.63) is 16.1 Å². The number of nitrogens with one attached hydrogen (secondary N) is 1. The third-order valence-corrected chi connectivity index (χ3v) is 5.68. The Morgan fingerprint density at radius 1 is 1.47 bits per heavy atom. The molecule has 4 heteroatoms. The lowest BCUT2D eigenvalue weighted by atomic mass is 9.95. The SMILES string of the molecule is Cc1csc(CN2CC(C)(C3CC3)NCCC2C)n1. The molecule has 19 heavy (non-hydrogen) atoms. The largest absolute Gasteiger partial charge is 0.310 e. The molecule has 0 aromatic carbocycles. The van der Waals surface area contributed by atoms with Gasteiger partial charge in [-0.2, -0.15) is 0 Å². The van der Waals surface area contributed by atoms with Crippen LogP contribution in [0.25, 0.3) is 0 Å². The Morgan fingerprint density at radius 3 is 2.89 bits per heavy atom. The minimum absolute atomic E-state index is 0.317. The van der Waals surface area contributed by atoms with Gasteiger partial charge >= 0.3 is 0 Å². The molecule has 0 radical (unpaired) electrons. The van der Waals surface area contributed by atoms with Crippen LogP contribution in [0.3, 0.4) is 0 Å². The molecule has 0 spiro atoms. The number of aryl methyl sites for hydroxylation is 1. The van der Waals surface area contributed by atoms with E-state index < -0.39 is 0 Å². The fourth-order valence-electron chi connectivity index (χ4n) is 3.24. The molecule has 3 rings (SSSR count). The van der Waals surface area contributed by atoms with Crippen molar-refractivity contribution in [2.45, 2.75) is 58.2 Å². The Labute approximate surface area is 120 Å². The molecule has 0 amide bonds. The molecule has 1 aromatic heterocycles. The number of nitrogens with zero attached hydrogens (tertiary/aromatic N) is 2. The summed E-state index contributed by atoms with van der Waals surface area (Å²) >= 11 is 1.80. The third kappa shape index (κ3) is 3.01. The van der Waals surface area contributed by atoms with Crippen molar-refractivity contribution in [3.63, 3.8) is 0 Å². The first-order valence-electron chi connectivity index (χ1n) is 7.47. The average molecular weight is 279 g/mol. The summed E-state index contributed by atoms with van der Waals surface area (Å²) in [7, 11) is 0. The van der Waals surface area contributed by atoms with E-state index in [9.17, 15) is 0 Å². The zero-order valence-electron chi connectivity index (χ0n) is 12.3. The van der Waals surface area contributed by atoms with Gasteiger partial charge in [0, 0.05) is 29.2 Å². The Balaban J connectivity index is 1.73. The molecule has 1 aromatic rings. The van der Waals surface area contributed by atoms with Crippen LogP contribution in [0.5, 0.6) is 0 Å². The van der Waals surface area contributed by atoms with Gasteiger partial charge in [0.05, 0.1) is 6.54 Å². The molecule has 1 aliphatic carbocycles. The predicted octanol–water partition coefficient (Wildman–Crippen LogP) is 2.80. The molecule has 1 aliphatic heterocycles. The first-order chi connectivity index (χ1) is 9.07. The molecule has 2 fully saturated rings. The van der Waals surface area contributed by atoms with Crippen LogP contribution < -0.4 is 5.32 Å². The summed E-state index contributed by atoms with van der Waals surface area (Å²) in [4.78, 5) is 7.27. The van der Waals surface area contributed by atoms with Crippen LogP contribution in [0.15, 0.2) is 5.38 Å². The molecule has 2 aliphatic rings. The monoisotopic (exact) mass is 279 g/mol. The van der Waals surface area contributed by atoms with Crippen LogP contribution in [0.4, 0.5) is 0 Å². The van der Waals surface area contributed by atoms with E-state index in [2.05, 4.69) is 41.4 Å². The topological polar surface area (TPSA) is 28.2 Å². The zero-order chi connectivity index (χ0) is 13.5. The number of hydrogen-bond acceptors (Lipinski definition) is 4. The molecular weight excluding hydrogens is 254 g/mol. The van der Waals surface area contributed by atoms with E-state index in [0.717, 1.165) is 31.2 Å². The van der Waals surface area contributed by atoms with Gasteiger partial charge in [0.2, 0.25) is 0 Å². The van der Waals surface area contributed by atoms with Crippen LogP contribution in [-0.2, 0) is 6.54 Å². The van der Waals surface area contributed by atoms with E-state index >= 15 is 0 Å². The van der Waals surface area contributed by atoms with Crippen LogP contribution in [0.1, 0.15) is 43.8 Å². The molecule has 2 heterocycles. The van der Waals surface area contributed by atoms with E-state index in [-0.39, 0.29) is 0 Å². The molecule has 1 saturated carbocycles. The lowest BCUT2D eigenvalue weighted by molar-refractivity contribution is 0.154. The van der Waals surface area contributed by atoms with E-state index in [1.807, 2.05) is 0 Å². The second-order valence-corrected chi connectivity index (χ2v) is 7.49. The Bertz CT molecular complexity index is 440. The fourth-order valence-corrected chi connectivity index (χ4v) is 4.03. The third-order valence-electron chi connectivity index (χ3n) is 4.73. The molecule has 0 bridgehead atoms. The summed E-state index contributed by atoms with van der Waals surface area (Å²) in [5.74, 6) is 0.887. The minimum atomic E-state index is 0.317. The number of rotatable bonds is 3. The normalized spacial score (nSPS) is 33.3. The molecule has 2 unspecified atom stereocenters. The summed E-state index contributed by atoms with van der Waals surface area (Å²) in [6.07, 6.45) is 4.05. The fraction of sp³-hybridized carbons (Fsp3) is 0.800. The highest BCUT2D eigenvalue weighted by molar-refractivity contribution is 7.09. The second kappa shape index (κ2) is 5.15. The van der Waals surface area contributed by atoms with Gasteiger partial charge in [-0.3, -0.25) is 4.90 Å². The Kier molecular flexibility index (Phi) is 3.67. The maximum atomic E-state index is 4.63. The lowest BCUT2D eigenvalue weighted by Gasteiger charge is -2.35. The number of thiazole rings is 1. The summed E-state index contributed by atoms with van der Waals surface area (Å²) in [5, 5.41) is 7.24. The molecular formula is C15H25N3S. The van der Waals surface area contributed by atoms with Crippen molar-refractivity contribution in [2.75, 3.05) is 13.1 Å². The molecule has 106 valence electrons. The van der Waals surface area contributed by atoms with E-state index in [4.69, 9.17) is 0 Å². The maximum Gasteiger partial charge on any atom is 0.107 e. The van der Waals surface area contributed by atoms with Gasteiger partial charge in [-0.1, -0.05) is 0 Å². The molecule has 2 atom stereocenters. The number of hydrogen-bond donors (Lipinski definition) is 1. The summed E-state index contributed by atoms with van der Waals surface area (Å²) in [6.45, 7) is 10.2. The summed E-state index contributed by atoms with van der Waals surface area (Å²) < 4.78 is 0. The molecule has 3 nitrogen and oxygen atoms in total. The van der Waals surface area contributed by atoms with Crippen molar-refractivity contribution in [1.29, 1.82) is 0 Å². The van der Waals surface area contributed by atoms with Crippen molar-refractivity contribution in [3.8, 4) is 0 Å². The predicted molar refractivity (Wildman–Crippen MR) is 80.5 cm³/mol. The van der Waals surface area contributed by atoms with Crippen LogP contribution in [0, 0.1) is 12.8 Å². The van der Waals surface area contributed by atoms with Crippen molar-refractivity contribution in [2.24, 2.45) is 5.92 Å². The number of aromatic nitrogens is 1. The standard InChI is InChI=1S/C15H25N3S/c1-11-9-19-14(17-11)8-18-10-15(3,13-4-5-13)16-7-6-12(18)2/h9,12-13,16H,4-8,10H2,1-3H3. The van der Waals surface area contributed by atoms with Crippen LogP contribution in [0.2, 0.25) is 0 Å². The van der Waals surface area contributed by atoms with Gasteiger partial charge in [-0.25, -0.2) is 4.98 Å². The van der Waals surface area contributed by atoms with Crippen molar-refractivity contribution >= 4 is 11.3 Å². The van der Waals surface area contributed by atoms with Crippen molar-refractivity contribution < 1.29 is 0 Å². The lowest BCUT2D eigenvalue weighted by Crippen LogP contribution is -2.51. The van der Waals surface area contributed by atoms with Gasteiger partial charge in [0.1, 0.15) is 5.01 Å². The summed E-state index contributed by atoms with van der Waals surface area (Å²) in [5.41, 5.74) is 1.47. The summed E-state index contributed by atoms with van der Waals surface area (Å²) in [6, 6.07) is 0.650. The zero-order valence-corrected chi connectivity index (χ0v) is 13.1. The van der Waals surface area contributed by atoms with Crippen LogP contribution >= 0.6 is 11.3 Å². The van der Waals surface area contributed by atoms with Crippen molar-refractivity contribution in [1.82, 2.24) is 15.2 Å². The highest BCUT2D eigenvalue weighted by Gasteiger charge is 2.43. The van der Waals surface area contributed by atoms with Crippen LogP contribution in [-0.4, -0.2) is 34.6 Å². The van der Waals surface area contributed by atoms with E-state index in [0.29, 0.717) is 11.6 Å². The van der Waals surface area contributed by atoms with Gasteiger partial charge in [0.15, 0.2) is 0 Å². The van der Waals surface area contributed by atoms with E-state index in [1.165, 1.54) is 24.3 Å². The molecule has 1 N–H and O–H groups in total. The van der Waals surface area contributed by atoms with Gasteiger partial charge < -0.3 is 5.32 Å². The highest BCUT2D eigenvalue weighted by Crippen LogP contribution is 2.41. The second-order valence-electron chi connectivity index (χ2n) is 6.54. The first kappa shape index (κ1) is 13.5. The van der Waals surface area contributed by atoms with Gasteiger partial charge in [-0.15, -0.1) is 11.3 Å². The minimum Gasteiger partial charge on any atom is -0.310 e. The quantitative estimate of drug-likeness (QED) is 0.922. The van der Waals surface area contributed by atoms with E-state index in [1.54, 1.807) is 11.3 Å². The maximum absolute atomic E-state index is 4.63. The Hall–Kier alpha value is -0.450. The van der Waals surface area contributed by atoms with Gasteiger partial charge in [0.25, 0.3) is 0 Å².